The quantitative estimate of drug-likeness (QED) is 0.849. The van der Waals surface area contributed by atoms with Crippen molar-refractivity contribution in [3.63, 3.8) is 0 Å². The molecule has 1 aliphatic heterocycles. The van der Waals surface area contributed by atoms with Gasteiger partial charge in [0.25, 0.3) is 0 Å². The first kappa shape index (κ1) is 18.9. The van der Waals surface area contributed by atoms with Crippen LogP contribution in [0.25, 0.3) is 0 Å². The molecule has 0 saturated carbocycles. The van der Waals surface area contributed by atoms with Crippen molar-refractivity contribution < 1.29 is 17.6 Å². The number of halogens is 1. The number of carbonyl (C=O) groups is 1. The number of piperidine rings is 1. The third-order valence-electron chi connectivity index (χ3n) is 4.20. The average molecular weight is 356 g/mol. The highest BCUT2D eigenvalue weighted by Crippen LogP contribution is 2.22. The molecule has 1 heterocycles. The molecular weight excluding hydrogens is 331 g/mol. The topological polar surface area (TPSA) is 66.5 Å². The van der Waals surface area contributed by atoms with Crippen molar-refractivity contribution in [2.75, 3.05) is 19.6 Å². The van der Waals surface area contributed by atoms with Crippen LogP contribution >= 0.6 is 0 Å². The summed E-state index contributed by atoms with van der Waals surface area (Å²) >= 11 is 0. The van der Waals surface area contributed by atoms with E-state index in [1.807, 2.05) is 13.8 Å². The molecule has 7 heteroatoms. The summed E-state index contributed by atoms with van der Waals surface area (Å²) in [6.07, 6.45) is 1.00. The van der Waals surface area contributed by atoms with Gasteiger partial charge in [0.15, 0.2) is 0 Å². The monoisotopic (exact) mass is 356 g/mol. The van der Waals surface area contributed by atoms with Gasteiger partial charge in [-0.15, -0.1) is 0 Å². The minimum Gasteiger partial charge on any atom is -0.356 e. The van der Waals surface area contributed by atoms with Crippen molar-refractivity contribution in [1.82, 2.24) is 9.62 Å². The Morgan fingerprint density at radius 3 is 2.50 bits per heavy atom. The normalized spacial score (nSPS) is 17.2. The lowest BCUT2D eigenvalue weighted by atomic mass is 9.97. The molecule has 1 aromatic rings. The first-order valence-electron chi connectivity index (χ1n) is 8.28. The van der Waals surface area contributed by atoms with E-state index in [9.17, 15) is 17.6 Å². The van der Waals surface area contributed by atoms with Gasteiger partial charge in [0.2, 0.25) is 15.9 Å². The molecule has 2 rings (SSSR count). The van der Waals surface area contributed by atoms with Gasteiger partial charge in [-0.05, 0) is 24.8 Å². The van der Waals surface area contributed by atoms with Crippen molar-refractivity contribution in [3.05, 3.63) is 35.6 Å². The van der Waals surface area contributed by atoms with Crippen LogP contribution in [0.1, 0.15) is 32.3 Å². The second kappa shape index (κ2) is 8.07. The molecule has 0 aliphatic carbocycles. The Bertz CT molecular complexity index is 668. The van der Waals surface area contributed by atoms with Crippen LogP contribution in [0.3, 0.4) is 0 Å². The lowest BCUT2D eigenvalue weighted by Gasteiger charge is -2.30. The molecule has 134 valence electrons. The highest BCUT2D eigenvalue weighted by atomic mass is 32.2. The zero-order valence-corrected chi connectivity index (χ0v) is 15.0. The Morgan fingerprint density at radius 1 is 1.29 bits per heavy atom. The van der Waals surface area contributed by atoms with Gasteiger partial charge in [-0.1, -0.05) is 32.0 Å². The van der Waals surface area contributed by atoms with Gasteiger partial charge in [0.05, 0.1) is 5.75 Å². The molecule has 1 fully saturated rings. The van der Waals surface area contributed by atoms with Crippen LogP contribution in [0, 0.1) is 17.7 Å². The summed E-state index contributed by atoms with van der Waals surface area (Å²) < 4.78 is 40.0. The summed E-state index contributed by atoms with van der Waals surface area (Å²) in [7, 11) is -3.57. The Balaban J connectivity index is 1.91. The maximum Gasteiger partial charge on any atom is 0.223 e. The van der Waals surface area contributed by atoms with Gasteiger partial charge in [0, 0.05) is 31.1 Å². The predicted octanol–water partition coefficient (Wildman–Crippen LogP) is 2.14. The van der Waals surface area contributed by atoms with E-state index in [0.29, 0.717) is 38.4 Å². The standard InChI is InChI=1S/C17H25FN2O3S/c1-13(2)11-19-17(21)14-7-9-20(10-8-14)24(22,23)12-15-5-3-4-6-16(15)18/h3-6,13-14H,7-12H2,1-2H3,(H,19,21). The molecule has 5 nitrogen and oxygen atoms in total. The van der Waals surface area contributed by atoms with Gasteiger partial charge < -0.3 is 5.32 Å². The second-order valence-corrected chi connectivity index (χ2v) is 8.63. The highest BCUT2D eigenvalue weighted by Gasteiger charge is 2.31. The Kier molecular flexibility index (Phi) is 6.34. The zero-order chi connectivity index (χ0) is 17.7. The fourth-order valence-electron chi connectivity index (χ4n) is 2.75. The van der Waals surface area contributed by atoms with Crippen LogP contribution in [0.5, 0.6) is 0 Å². The van der Waals surface area contributed by atoms with Crippen molar-refractivity contribution >= 4 is 15.9 Å². The number of rotatable bonds is 6. The molecule has 0 radical (unpaired) electrons. The number of hydrogen-bond donors (Lipinski definition) is 1. The number of sulfonamides is 1. The molecule has 1 N–H and O–H groups in total. The summed E-state index contributed by atoms with van der Waals surface area (Å²) in [4.78, 5) is 12.1. The third kappa shape index (κ3) is 5.01. The number of nitrogens with one attached hydrogen (secondary N) is 1. The van der Waals surface area contributed by atoms with Crippen molar-refractivity contribution in [2.24, 2.45) is 11.8 Å². The largest absolute Gasteiger partial charge is 0.356 e. The van der Waals surface area contributed by atoms with E-state index in [0.717, 1.165) is 0 Å². The first-order valence-corrected chi connectivity index (χ1v) is 9.89. The van der Waals surface area contributed by atoms with E-state index in [2.05, 4.69) is 5.32 Å². The third-order valence-corrected chi connectivity index (χ3v) is 6.03. The van der Waals surface area contributed by atoms with Crippen LogP contribution in [0.2, 0.25) is 0 Å². The predicted molar refractivity (Wildman–Crippen MR) is 91.2 cm³/mol. The van der Waals surface area contributed by atoms with Crippen LogP contribution in [-0.2, 0) is 20.6 Å². The Labute approximate surface area is 143 Å². The SMILES string of the molecule is CC(C)CNC(=O)C1CCN(S(=O)(=O)Cc2ccccc2F)CC1. The van der Waals surface area contributed by atoms with Crippen LogP contribution < -0.4 is 5.32 Å². The fraction of sp³-hybridized carbons (Fsp3) is 0.588. The molecule has 0 aromatic heterocycles. The van der Waals surface area contributed by atoms with Crippen molar-refractivity contribution in [1.29, 1.82) is 0 Å². The van der Waals surface area contributed by atoms with E-state index in [1.165, 1.54) is 22.5 Å². The Morgan fingerprint density at radius 2 is 1.92 bits per heavy atom. The van der Waals surface area contributed by atoms with E-state index < -0.39 is 15.8 Å². The summed E-state index contributed by atoms with van der Waals surface area (Å²) in [6, 6.07) is 5.90. The van der Waals surface area contributed by atoms with Crippen molar-refractivity contribution in [3.8, 4) is 0 Å². The molecule has 0 spiro atoms. The molecular formula is C17H25FN2O3S. The van der Waals surface area contributed by atoms with Gasteiger partial charge in [0.1, 0.15) is 5.82 Å². The highest BCUT2D eigenvalue weighted by molar-refractivity contribution is 7.88. The number of hydrogen-bond acceptors (Lipinski definition) is 3. The molecule has 0 atom stereocenters. The first-order chi connectivity index (χ1) is 11.3. The maximum absolute atomic E-state index is 13.7. The van der Waals surface area contributed by atoms with E-state index in [1.54, 1.807) is 6.07 Å². The van der Waals surface area contributed by atoms with Crippen LogP contribution in [-0.4, -0.2) is 38.3 Å². The lowest BCUT2D eigenvalue weighted by molar-refractivity contribution is -0.126. The number of nitrogens with zero attached hydrogens (tertiary/aromatic N) is 1. The molecule has 24 heavy (non-hydrogen) atoms. The summed E-state index contributed by atoms with van der Waals surface area (Å²) in [5.41, 5.74) is 0.175. The summed E-state index contributed by atoms with van der Waals surface area (Å²) in [6.45, 7) is 5.29. The van der Waals surface area contributed by atoms with E-state index >= 15 is 0 Å². The summed E-state index contributed by atoms with van der Waals surface area (Å²) in [5.74, 6) is -0.623. The van der Waals surface area contributed by atoms with Crippen molar-refractivity contribution in [2.45, 2.75) is 32.4 Å². The minimum absolute atomic E-state index is 0.00477. The lowest BCUT2D eigenvalue weighted by Crippen LogP contribution is -2.43. The molecule has 1 saturated heterocycles. The smallest absolute Gasteiger partial charge is 0.223 e. The van der Waals surface area contributed by atoms with Gasteiger partial charge in [-0.3, -0.25) is 4.79 Å². The van der Waals surface area contributed by atoms with Gasteiger partial charge >= 0.3 is 0 Å². The Hall–Kier alpha value is -1.47. The van der Waals surface area contributed by atoms with Crippen LogP contribution in [0.4, 0.5) is 4.39 Å². The fourth-order valence-corrected chi connectivity index (χ4v) is 4.33. The van der Waals surface area contributed by atoms with Gasteiger partial charge in [-0.2, -0.15) is 0 Å². The number of carbonyl (C=O) groups excluding carboxylic acids is 1. The molecule has 0 bridgehead atoms. The van der Waals surface area contributed by atoms with Crippen LogP contribution in [0.15, 0.2) is 24.3 Å². The van der Waals surface area contributed by atoms with Gasteiger partial charge in [-0.25, -0.2) is 17.1 Å². The summed E-state index contributed by atoms with van der Waals surface area (Å²) in [5, 5.41) is 2.90. The molecule has 1 amide bonds. The van der Waals surface area contributed by atoms with E-state index in [-0.39, 0.29) is 23.1 Å². The minimum atomic E-state index is -3.57. The number of amides is 1. The molecule has 0 unspecified atom stereocenters. The molecule has 1 aliphatic rings. The number of benzene rings is 1. The average Bonchev–Trinajstić information content (AvgIpc) is 2.54. The zero-order valence-electron chi connectivity index (χ0n) is 14.2. The second-order valence-electron chi connectivity index (χ2n) is 6.66. The molecule has 1 aromatic carbocycles. The maximum atomic E-state index is 13.7. The van der Waals surface area contributed by atoms with E-state index in [4.69, 9.17) is 0 Å².